The summed E-state index contributed by atoms with van der Waals surface area (Å²) in [5.41, 5.74) is 1.56. The van der Waals surface area contributed by atoms with Gasteiger partial charge >= 0.3 is 0 Å². The van der Waals surface area contributed by atoms with Gasteiger partial charge in [-0.05, 0) is 29.7 Å². The summed E-state index contributed by atoms with van der Waals surface area (Å²) in [5, 5.41) is 0. The Morgan fingerprint density at radius 1 is 0.875 bits per heavy atom. The smallest absolute Gasteiger partial charge is 0.0245 e. The minimum Gasteiger partial charge on any atom is -0.0622 e. The van der Waals surface area contributed by atoms with Gasteiger partial charge in [-0.25, -0.2) is 0 Å². The van der Waals surface area contributed by atoms with Gasteiger partial charge in [0, 0.05) is 0 Å². The zero-order valence-electron chi connectivity index (χ0n) is 10.1. The van der Waals surface area contributed by atoms with E-state index in [0.717, 1.165) is 17.8 Å². The molecule has 1 aromatic rings. The van der Waals surface area contributed by atoms with E-state index >= 15 is 0 Å². The molecule has 2 fully saturated rings. The SMILES string of the molecule is c1ccc(CC(C2CCC2)C2CCC2)cc1. The Labute approximate surface area is 99.1 Å². The molecule has 2 aliphatic carbocycles. The molecule has 0 aromatic heterocycles. The summed E-state index contributed by atoms with van der Waals surface area (Å²) in [6.07, 6.45) is 10.4. The lowest BCUT2D eigenvalue weighted by Crippen LogP contribution is -2.33. The zero-order valence-corrected chi connectivity index (χ0v) is 10.1. The van der Waals surface area contributed by atoms with Crippen molar-refractivity contribution in [3.05, 3.63) is 35.9 Å². The topological polar surface area (TPSA) is 0 Å². The first-order chi connectivity index (χ1) is 7.93. The van der Waals surface area contributed by atoms with E-state index in [2.05, 4.69) is 30.3 Å². The maximum Gasteiger partial charge on any atom is -0.0245 e. The van der Waals surface area contributed by atoms with Crippen LogP contribution in [0.15, 0.2) is 30.3 Å². The van der Waals surface area contributed by atoms with Crippen molar-refractivity contribution in [1.82, 2.24) is 0 Å². The van der Waals surface area contributed by atoms with Crippen molar-refractivity contribution in [1.29, 1.82) is 0 Å². The molecular weight excluding hydrogens is 192 g/mol. The minimum absolute atomic E-state index is 1.00. The molecule has 0 nitrogen and oxygen atoms in total. The molecule has 0 bridgehead atoms. The average Bonchev–Trinajstić information content (AvgIpc) is 2.13. The molecule has 2 saturated carbocycles. The van der Waals surface area contributed by atoms with Gasteiger partial charge in [0.1, 0.15) is 0 Å². The molecule has 0 heterocycles. The predicted molar refractivity (Wildman–Crippen MR) is 68.3 cm³/mol. The fraction of sp³-hybridized carbons (Fsp3) is 0.625. The molecule has 0 atom stereocenters. The standard InChI is InChI=1S/C16H22/c1-2-6-13(7-3-1)12-16(14-8-4-9-14)15-10-5-11-15/h1-3,6-7,14-16H,4-5,8-12H2. The Morgan fingerprint density at radius 3 is 1.88 bits per heavy atom. The molecule has 2 aliphatic rings. The molecule has 0 unspecified atom stereocenters. The van der Waals surface area contributed by atoms with Crippen LogP contribution in [-0.2, 0) is 6.42 Å². The summed E-state index contributed by atoms with van der Waals surface area (Å²) >= 11 is 0. The van der Waals surface area contributed by atoms with Crippen molar-refractivity contribution >= 4 is 0 Å². The van der Waals surface area contributed by atoms with Crippen LogP contribution in [0.25, 0.3) is 0 Å². The van der Waals surface area contributed by atoms with Gasteiger partial charge in [0.2, 0.25) is 0 Å². The van der Waals surface area contributed by atoms with Crippen molar-refractivity contribution in [2.45, 2.75) is 44.9 Å². The molecule has 0 heteroatoms. The molecule has 0 radical (unpaired) electrons. The van der Waals surface area contributed by atoms with E-state index in [1.165, 1.54) is 44.9 Å². The van der Waals surface area contributed by atoms with E-state index in [1.807, 2.05) is 0 Å². The summed E-state index contributed by atoms with van der Waals surface area (Å²) in [6, 6.07) is 11.1. The summed E-state index contributed by atoms with van der Waals surface area (Å²) in [7, 11) is 0. The van der Waals surface area contributed by atoms with Crippen LogP contribution in [0.2, 0.25) is 0 Å². The van der Waals surface area contributed by atoms with Crippen LogP contribution in [-0.4, -0.2) is 0 Å². The normalized spacial score (nSPS) is 21.8. The van der Waals surface area contributed by atoms with E-state index in [0.29, 0.717) is 0 Å². The van der Waals surface area contributed by atoms with Gasteiger partial charge in [-0.15, -0.1) is 0 Å². The van der Waals surface area contributed by atoms with Crippen LogP contribution in [0.5, 0.6) is 0 Å². The predicted octanol–water partition coefficient (Wildman–Crippen LogP) is 4.45. The number of rotatable bonds is 4. The fourth-order valence-corrected chi connectivity index (χ4v) is 3.34. The molecule has 1 aromatic carbocycles. The average molecular weight is 214 g/mol. The molecule has 3 rings (SSSR count). The molecular formula is C16H22. The Bertz CT molecular complexity index is 305. The largest absolute Gasteiger partial charge is 0.0622 e. The van der Waals surface area contributed by atoms with Gasteiger partial charge < -0.3 is 0 Å². The highest BCUT2D eigenvalue weighted by molar-refractivity contribution is 5.16. The Kier molecular flexibility index (Phi) is 2.99. The second kappa shape index (κ2) is 4.61. The van der Waals surface area contributed by atoms with Gasteiger partial charge in [-0.2, -0.15) is 0 Å². The van der Waals surface area contributed by atoms with Crippen LogP contribution in [0.3, 0.4) is 0 Å². The lowest BCUT2D eigenvalue weighted by Gasteiger charge is -2.42. The summed E-state index contributed by atoms with van der Waals surface area (Å²) < 4.78 is 0. The van der Waals surface area contributed by atoms with E-state index in [1.54, 1.807) is 5.56 Å². The van der Waals surface area contributed by atoms with Crippen LogP contribution >= 0.6 is 0 Å². The van der Waals surface area contributed by atoms with E-state index in [9.17, 15) is 0 Å². The lowest BCUT2D eigenvalue weighted by molar-refractivity contribution is 0.0929. The Balaban J connectivity index is 1.68. The van der Waals surface area contributed by atoms with Crippen LogP contribution < -0.4 is 0 Å². The first kappa shape index (κ1) is 10.4. The van der Waals surface area contributed by atoms with Gasteiger partial charge in [-0.3, -0.25) is 0 Å². The Morgan fingerprint density at radius 2 is 1.44 bits per heavy atom. The third-order valence-corrected chi connectivity index (χ3v) is 4.82. The van der Waals surface area contributed by atoms with Crippen molar-refractivity contribution in [2.24, 2.45) is 17.8 Å². The Hall–Kier alpha value is -0.780. The van der Waals surface area contributed by atoms with Gasteiger partial charge in [0.25, 0.3) is 0 Å². The second-order valence-electron chi connectivity index (χ2n) is 5.74. The summed E-state index contributed by atoms with van der Waals surface area (Å²) in [4.78, 5) is 0. The number of benzene rings is 1. The summed E-state index contributed by atoms with van der Waals surface area (Å²) in [6.45, 7) is 0. The second-order valence-corrected chi connectivity index (χ2v) is 5.74. The molecule has 86 valence electrons. The van der Waals surface area contributed by atoms with E-state index < -0.39 is 0 Å². The minimum atomic E-state index is 1.00. The quantitative estimate of drug-likeness (QED) is 0.695. The van der Waals surface area contributed by atoms with E-state index in [4.69, 9.17) is 0 Å². The monoisotopic (exact) mass is 214 g/mol. The van der Waals surface area contributed by atoms with Crippen LogP contribution in [0.4, 0.5) is 0 Å². The van der Waals surface area contributed by atoms with Crippen molar-refractivity contribution < 1.29 is 0 Å². The molecule has 0 N–H and O–H groups in total. The van der Waals surface area contributed by atoms with Crippen molar-refractivity contribution in [2.75, 3.05) is 0 Å². The third-order valence-electron chi connectivity index (χ3n) is 4.82. The lowest BCUT2D eigenvalue weighted by atomic mass is 9.63. The molecule has 0 aliphatic heterocycles. The van der Waals surface area contributed by atoms with Crippen molar-refractivity contribution in [3.63, 3.8) is 0 Å². The highest BCUT2D eigenvalue weighted by Gasteiger charge is 2.35. The van der Waals surface area contributed by atoms with Gasteiger partial charge in [-0.1, -0.05) is 68.9 Å². The van der Waals surface area contributed by atoms with Gasteiger partial charge in [0.05, 0.1) is 0 Å². The number of hydrogen-bond donors (Lipinski definition) is 0. The highest BCUT2D eigenvalue weighted by atomic mass is 14.4. The highest BCUT2D eigenvalue weighted by Crippen LogP contribution is 2.45. The van der Waals surface area contributed by atoms with E-state index in [-0.39, 0.29) is 0 Å². The fourth-order valence-electron chi connectivity index (χ4n) is 3.34. The zero-order chi connectivity index (χ0) is 10.8. The molecule has 0 amide bonds. The molecule has 0 saturated heterocycles. The maximum absolute atomic E-state index is 2.31. The first-order valence-electron chi connectivity index (χ1n) is 6.97. The number of hydrogen-bond acceptors (Lipinski definition) is 0. The molecule has 16 heavy (non-hydrogen) atoms. The van der Waals surface area contributed by atoms with Crippen molar-refractivity contribution in [3.8, 4) is 0 Å². The molecule has 0 spiro atoms. The van der Waals surface area contributed by atoms with Crippen LogP contribution in [0.1, 0.15) is 44.1 Å². The third kappa shape index (κ3) is 2.03. The van der Waals surface area contributed by atoms with Crippen LogP contribution in [0, 0.1) is 17.8 Å². The maximum atomic E-state index is 2.31. The first-order valence-corrected chi connectivity index (χ1v) is 6.97. The summed E-state index contributed by atoms with van der Waals surface area (Å²) in [5.74, 6) is 3.13. The van der Waals surface area contributed by atoms with Gasteiger partial charge in [0.15, 0.2) is 0 Å².